The third-order valence-electron chi connectivity index (χ3n) is 2.44. The zero-order valence-corrected chi connectivity index (χ0v) is 12.4. The number of rotatable bonds is 5. The Hall–Kier alpha value is -0.740. The molecule has 1 N–H and O–H groups in total. The van der Waals surface area contributed by atoms with Crippen LogP contribution in [-0.4, -0.2) is 30.7 Å². The van der Waals surface area contributed by atoms with E-state index in [1.807, 2.05) is 12.1 Å². The summed E-state index contributed by atoms with van der Waals surface area (Å²) in [5.74, 6) is 1.30. The van der Waals surface area contributed by atoms with E-state index in [2.05, 4.69) is 41.7 Å². The van der Waals surface area contributed by atoms with Crippen molar-refractivity contribution >= 4 is 15.9 Å². The molecular weight excluding hydrogens is 282 g/mol. The molecule has 0 fully saturated rings. The molecule has 17 heavy (non-hydrogen) atoms. The van der Waals surface area contributed by atoms with E-state index in [-0.39, 0.29) is 5.75 Å². The van der Waals surface area contributed by atoms with E-state index in [0.29, 0.717) is 16.1 Å². The van der Waals surface area contributed by atoms with Gasteiger partial charge >= 0.3 is 0 Å². The molecule has 0 unspecified atom stereocenters. The van der Waals surface area contributed by atoms with Crippen LogP contribution in [0.4, 0.5) is 0 Å². The van der Waals surface area contributed by atoms with Crippen LogP contribution >= 0.6 is 15.9 Å². The molecule has 0 amide bonds. The monoisotopic (exact) mass is 301 g/mol. The van der Waals surface area contributed by atoms with Crippen LogP contribution in [0.1, 0.15) is 19.4 Å². The molecular formula is C13H20BrNO2. The summed E-state index contributed by atoms with van der Waals surface area (Å²) in [6.07, 6.45) is 0. The first-order chi connectivity index (χ1) is 7.93. The molecule has 0 spiro atoms. The second-order valence-electron chi connectivity index (χ2n) is 4.72. The highest BCUT2D eigenvalue weighted by atomic mass is 79.9. The highest BCUT2D eigenvalue weighted by molar-refractivity contribution is 9.10. The van der Waals surface area contributed by atoms with Gasteiger partial charge in [-0.3, -0.25) is 0 Å². The molecule has 0 atom stereocenters. The molecule has 1 rings (SSSR count). The quantitative estimate of drug-likeness (QED) is 0.906. The average molecular weight is 302 g/mol. The van der Waals surface area contributed by atoms with E-state index in [9.17, 15) is 5.11 Å². The number of phenolic OH excluding ortho intramolecular Hbond substituents is 1. The first-order valence-corrected chi connectivity index (χ1v) is 6.47. The molecule has 96 valence electrons. The lowest BCUT2D eigenvalue weighted by Gasteiger charge is -2.19. The van der Waals surface area contributed by atoms with Crippen LogP contribution < -0.4 is 4.74 Å². The van der Waals surface area contributed by atoms with Gasteiger partial charge in [0.2, 0.25) is 0 Å². The Kier molecular flexibility index (Phi) is 5.28. The van der Waals surface area contributed by atoms with Crippen molar-refractivity contribution < 1.29 is 9.84 Å². The van der Waals surface area contributed by atoms with Crippen LogP contribution in [0, 0.1) is 5.92 Å². The van der Waals surface area contributed by atoms with Gasteiger partial charge in [-0.1, -0.05) is 13.8 Å². The van der Waals surface area contributed by atoms with Crippen LogP contribution in [0.25, 0.3) is 0 Å². The second-order valence-corrected chi connectivity index (χ2v) is 5.57. The maximum atomic E-state index is 9.72. The van der Waals surface area contributed by atoms with E-state index in [1.165, 1.54) is 0 Å². The summed E-state index contributed by atoms with van der Waals surface area (Å²) in [7, 11) is 3.65. The standard InChI is InChI=1S/C13H20BrNO2/c1-9(2)7-15(3)8-10-5-11(14)13(16)12(6-10)17-4/h5-6,9,16H,7-8H2,1-4H3. The molecule has 1 aromatic carbocycles. The van der Waals surface area contributed by atoms with Crippen LogP contribution in [0.2, 0.25) is 0 Å². The molecule has 0 aliphatic rings. The summed E-state index contributed by atoms with van der Waals surface area (Å²) in [4.78, 5) is 2.25. The highest BCUT2D eigenvalue weighted by Gasteiger charge is 2.10. The van der Waals surface area contributed by atoms with Crippen molar-refractivity contribution in [3.63, 3.8) is 0 Å². The lowest BCUT2D eigenvalue weighted by atomic mass is 10.1. The highest BCUT2D eigenvalue weighted by Crippen LogP contribution is 2.35. The number of halogens is 1. The average Bonchev–Trinajstić information content (AvgIpc) is 2.21. The van der Waals surface area contributed by atoms with E-state index in [4.69, 9.17) is 4.74 Å². The van der Waals surface area contributed by atoms with E-state index >= 15 is 0 Å². The number of hydrogen-bond acceptors (Lipinski definition) is 3. The minimum absolute atomic E-state index is 0.155. The van der Waals surface area contributed by atoms with Crippen molar-refractivity contribution in [1.82, 2.24) is 4.90 Å². The van der Waals surface area contributed by atoms with E-state index < -0.39 is 0 Å². The summed E-state index contributed by atoms with van der Waals surface area (Å²) in [6, 6.07) is 3.80. The van der Waals surface area contributed by atoms with Gasteiger partial charge in [0.05, 0.1) is 11.6 Å². The molecule has 0 aliphatic carbocycles. The van der Waals surface area contributed by atoms with Gasteiger partial charge in [-0.2, -0.15) is 0 Å². The van der Waals surface area contributed by atoms with Gasteiger partial charge in [0, 0.05) is 13.1 Å². The van der Waals surface area contributed by atoms with Gasteiger partial charge in [-0.25, -0.2) is 0 Å². The number of methoxy groups -OCH3 is 1. The minimum atomic E-state index is 0.155. The fourth-order valence-electron chi connectivity index (χ4n) is 1.87. The summed E-state index contributed by atoms with van der Waals surface area (Å²) < 4.78 is 5.80. The SMILES string of the molecule is COc1cc(CN(C)CC(C)C)cc(Br)c1O. The van der Waals surface area contributed by atoms with Gasteiger partial charge in [0.25, 0.3) is 0 Å². The van der Waals surface area contributed by atoms with Crippen molar-refractivity contribution in [3.05, 3.63) is 22.2 Å². The van der Waals surface area contributed by atoms with Crippen LogP contribution in [0.15, 0.2) is 16.6 Å². The Bertz CT molecular complexity index is 380. The van der Waals surface area contributed by atoms with Gasteiger partial charge in [0.1, 0.15) is 0 Å². The zero-order chi connectivity index (χ0) is 13.0. The number of ether oxygens (including phenoxy) is 1. The lowest BCUT2D eigenvalue weighted by Crippen LogP contribution is -2.22. The third-order valence-corrected chi connectivity index (χ3v) is 3.04. The Morgan fingerprint density at radius 3 is 2.59 bits per heavy atom. The number of benzene rings is 1. The predicted molar refractivity (Wildman–Crippen MR) is 73.5 cm³/mol. The number of hydrogen-bond donors (Lipinski definition) is 1. The third kappa shape index (κ3) is 4.21. The van der Waals surface area contributed by atoms with Gasteiger partial charge in [-0.15, -0.1) is 0 Å². The van der Waals surface area contributed by atoms with Crippen molar-refractivity contribution in [3.8, 4) is 11.5 Å². The van der Waals surface area contributed by atoms with E-state index in [0.717, 1.165) is 18.7 Å². The number of nitrogens with zero attached hydrogens (tertiary/aromatic N) is 1. The van der Waals surface area contributed by atoms with Crippen molar-refractivity contribution in [2.24, 2.45) is 5.92 Å². The molecule has 3 nitrogen and oxygen atoms in total. The molecule has 0 aliphatic heterocycles. The van der Waals surface area contributed by atoms with Crippen molar-refractivity contribution in [2.75, 3.05) is 20.7 Å². The van der Waals surface area contributed by atoms with Crippen LogP contribution in [0.5, 0.6) is 11.5 Å². The van der Waals surface area contributed by atoms with Gasteiger partial charge < -0.3 is 14.7 Å². The minimum Gasteiger partial charge on any atom is -0.503 e. The summed E-state index contributed by atoms with van der Waals surface area (Å²) >= 11 is 3.33. The molecule has 0 aromatic heterocycles. The lowest BCUT2D eigenvalue weighted by molar-refractivity contribution is 0.287. The van der Waals surface area contributed by atoms with Crippen molar-refractivity contribution in [2.45, 2.75) is 20.4 Å². The van der Waals surface area contributed by atoms with Gasteiger partial charge in [0.15, 0.2) is 11.5 Å². The number of phenols is 1. The fourth-order valence-corrected chi connectivity index (χ4v) is 2.36. The molecule has 0 saturated heterocycles. The molecule has 0 saturated carbocycles. The zero-order valence-electron chi connectivity index (χ0n) is 10.8. The normalized spacial score (nSPS) is 11.2. The molecule has 4 heteroatoms. The first-order valence-electron chi connectivity index (χ1n) is 5.68. The Morgan fingerprint density at radius 2 is 2.06 bits per heavy atom. The number of aromatic hydroxyl groups is 1. The van der Waals surface area contributed by atoms with Crippen LogP contribution in [0.3, 0.4) is 0 Å². The second kappa shape index (κ2) is 6.26. The van der Waals surface area contributed by atoms with Crippen molar-refractivity contribution in [1.29, 1.82) is 0 Å². The smallest absolute Gasteiger partial charge is 0.172 e. The van der Waals surface area contributed by atoms with Gasteiger partial charge in [-0.05, 0) is 46.6 Å². The molecule has 0 radical (unpaired) electrons. The van der Waals surface area contributed by atoms with E-state index in [1.54, 1.807) is 7.11 Å². The first kappa shape index (κ1) is 14.3. The predicted octanol–water partition coefficient (Wildman–Crippen LogP) is 3.25. The fraction of sp³-hybridized carbons (Fsp3) is 0.538. The maximum Gasteiger partial charge on any atom is 0.172 e. The summed E-state index contributed by atoms with van der Waals surface area (Å²) in [5, 5.41) is 9.72. The Balaban J connectivity index is 2.81. The van der Waals surface area contributed by atoms with Crippen LogP contribution in [-0.2, 0) is 6.54 Å². The molecule has 0 heterocycles. The Labute approximate surface area is 112 Å². The topological polar surface area (TPSA) is 32.7 Å². The summed E-state index contributed by atoms with van der Waals surface area (Å²) in [6.45, 7) is 6.28. The Morgan fingerprint density at radius 1 is 1.41 bits per heavy atom. The summed E-state index contributed by atoms with van der Waals surface area (Å²) in [5.41, 5.74) is 1.12. The molecule has 1 aromatic rings. The largest absolute Gasteiger partial charge is 0.503 e. The molecule has 0 bridgehead atoms. The maximum absolute atomic E-state index is 9.72.